The Bertz CT molecular complexity index is 2910. The van der Waals surface area contributed by atoms with E-state index in [2.05, 4.69) is 18.2 Å². The summed E-state index contributed by atoms with van der Waals surface area (Å²) in [7, 11) is 0. The number of hydrogen-bond donors (Lipinski definition) is 0. The van der Waals surface area contributed by atoms with Gasteiger partial charge in [-0.05, 0) is 100 Å². The first-order chi connectivity index (χ1) is 27.2. The number of fused-ring (bicyclic) bond motifs is 3. The van der Waals surface area contributed by atoms with E-state index in [9.17, 15) is 5.48 Å². The summed E-state index contributed by atoms with van der Waals surface area (Å²) in [5.41, 5.74) is 6.77. The fraction of sp³-hybridized carbons (Fsp3) is 0. The van der Waals surface area contributed by atoms with Crippen molar-refractivity contribution in [2.24, 2.45) is 0 Å². The van der Waals surface area contributed by atoms with Gasteiger partial charge in [0.1, 0.15) is 0 Å². The molecule has 0 heteroatoms. The lowest BCUT2D eigenvalue weighted by atomic mass is 9.81. The van der Waals surface area contributed by atoms with Gasteiger partial charge in [0.2, 0.25) is 0 Å². The molecule has 0 aromatic heterocycles. The van der Waals surface area contributed by atoms with Crippen molar-refractivity contribution in [2.45, 2.75) is 0 Å². The summed E-state index contributed by atoms with van der Waals surface area (Å²) in [6, 6.07) is 44.2. The Hall–Kier alpha value is -6.24. The van der Waals surface area contributed by atoms with Gasteiger partial charge in [-0.15, -0.1) is 0 Å². The minimum atomic E-state index is -0.432. The third kappa shape index (κ3) is 4.78. The fourth-order valence-corrected chi connectivity index (χ4v) is 6.93. The molecule has 0 aliphatic heterocycles. The molecule has 0 fully saturated rings. The Kier molecular flexibility index (Phi) is 5.13. The number of benzene rings is 9. The summed E-state index contributed by atoms with van der Waals surface area (Å²) >= 11 is 0. The van der Waals surface area contributed by atoms with E-state index in [0.29, 0.717) is 22.3 Å². The van der Waals surface area contributed by atoms with Crippen LogP contribution in [-0.2, 0) is 0 Å². The Morgan fingerprint density at radius 1 is 0.292 bits per heavy atom. The monoisotopic (exact) mass is 616 g/mol. The summed E-state index contributed by atoms with van der Waals surface area (Å²) < 4.78 is 74.1. The van der Waals surface area contributed by atoms with Crippen LogP contribution in [-0.4, -0.2) is 0 Å². The number of rotatable bonds is 5. The van der Waals surface area contributed by atoms with Gasteiger partial charge in [0.05, 0.1) is 11.0 Å². The van der Waals surface area contributed by atoms with Gasteiger partial charge in [0.15, 0.2) is 0 Å². The molecular weight excluding hydrogens is 577 g/mol. The molecule has 0 nitrogen and oxygen atoms in total. The fourth-order valence-electron chi connectivity index (χ4n) is 6.93. The van der Waals surface area contributed by atoms with Crippen molar-refractivity contribution in [3.63, 3.8) is 0 Å². The molecule has 48 heavy (non-hydrogen) atoms. The lowest BCUT2D eigenvalue weighted by Gasteiger charge is -2.22. The molecule has 0 unspecified atom stereocenters. The van der Waals surface area contributed by atoms with E-state index in [1.165, 1.54) is 0 Å². The van der Waals surface area contributed by atoms with E-state index < -0.39 is 24.2 Å². The Morgan fingerprint density at radius 3 is 1.35 bits per heavy atom. The average Bonchev–Trinajstić information content (AvgIpc) is 3.25. The van der Waals surface area contributed by atoms with Crippen LogP contribution in [0.2, 0.25) is 0 Å². The van der Waals surface area contributed by atoms with Crippen molar-refractivity contribution in [3.05, 3.63) is 194 Å². The van der Waals surface area contributed by atoms with Crippen molar-refractivity contribution in [1.29, 1.82) is 0 Å². The van der Waals surface area contributed by atoms with Crippen molar-refractivity contribution in [1.82, 2.24) is 0 Å². The molecule has 0 bridgehead atoms. The highest BCUT2D eigenvalue weighted by atomic mass is 14.2. The van der Waals surface area contributed by atoms with Crippen LogP contribution >= 0.6 is 0 Å². The standard InChI is InChI=1S/C48H32/c1-3-16-34(17-4-1)40-27-14-28-41(35-18-5-2-6-19-35)47(40)48-44-25-11-9-23-42(44)46(43-24-10-12-26-45(43)48)39-22-13-21-37(32-39)38-30-29-33-15-7-8-20-36(33)31-38/h1-32H/i9D,10D,11D,12D,23D,24D,25D,26D. The first kappa shape index (κ1) is 20.8. The molecule has 9 rings (SSSR count). The predicted molar refractivity (Wildman–Crippen MR) is 206 cm³/mol. The zero-order valence-electron chi connectivity index (χ0n) is 33.9. The van der Waals surface area contributed by atoms with Gasteiger partial charge >= 0.3 is 0 Å². The summed E-state index contributed by atoms with van der Waals surface area (Å²) in [4.78, 5) is 0. The van der Waals surface area contributed by atoms with E-state index >= 15 is 0 Å². The van der Waals surface area contributed by atoms with Gasteiger partial charge in [0, 0.05) is 0 Å². The third-order valence-corrected chi connectivity index (χ3v) is 9.09. The van der Waals surface area contributed by atoms with Crippen LogP contribution in [0.25, 0.3) is 88.0 Å². The Labute approximate surface area is 292 Å². The molecule has 0 spiro atoms. The van der Waals surface area contributed by atoms with E-state index in [1.54, 1.807) is 0 Å². The van der Waals surface area contributed by atoms with Gasteiger partial charge in [-0.25, -0.2) is 0 Å². The van der Waals surface area contributed by atoms with Crippen LogP contribution in [0.1, 0.15) is 11.0 Å². The molecule has 0 radical (unpaired) electrons. The van der Waals surface area contributed by atoms with Gasteiger partial charge < -0.3 is 0 Å². The second kappa shape index (κ2) is 11.8. The SMILES string of the molecule is [2H]c1c([2H])c([2H])c2c(-c3c(-c4ccccc4)cccc3-c3ccccc3)c3c([2H])c([2H])c([2H])c([2H])c3c(-c3cccc(-c4ccc5ccccc5c4)c3)c2c1[2H]. The first-order valence-electron chi connectivity index (χ1n) is 20.0. The Balaban J connectivity index is 1.52. The molecule has 0 N–H and O–H groups in total. The second-order valence-electron chi connectivity index (χ2n) is 11.9. The van der Waals surface area contributed by atoms with Gasteiger partial charge in [-0.1, -0.05) is 182 Å². The maximum Gasteiger partial charge on any atom is 0.0629 e. The summed E-state index contributed by atoms with van der Waals surface area (Å²) in [6.07, 6.45) is 0. The quantitative estimate of drug-likeness (QED) is 0.169. The van der Waals surface area contributed by atoms with Crippen molar-refractivity contribution >= 4 is 32.3 Å². The van der Waals surface area contributed by atoms with Gasteiger partial charge in [0.25, 0.3) is 0 Å². The van der Waals surface area contributed by atoms with Crippen molar-refractivity contribution in [2.75, 3.05) is 0 Å². The summed E-state index contributed by atoms with van der Waals surface area (Å²) in [6.45, 7) is 0. The zero-order chi connectivity index (χ0) is 38.8. The molecule has 9 aromatic rings. The molecule has 0 saturated heterocycles. The lowest BCUT2D eigenvalue weighted by Crippen LogP contribution is -1.95. The van der Waals surface area contributed by atoms with Crippen molar-refractivity contribution < 1.29 is 11.0 Å². The minimum Gasteiger partial charge on any atom is -0.0622 e. The van der Waals surface area contributed by atoms with Crippen LogP contribution in [0, 0.1) is 0 Å². The molecule has 0 aliphatic rings. The normalized spacial score (nSPS) is 13.7. The van der Waals surface area contributed by atoms with Crippen LogP contribution < -0.4 is 0 Å². The molecule has 0 amide bonds. The molecule has 0 heterocycles. The highest BCUT2D eigenvalue weighted by Crippen LogP contribution is 2.49. The minimum absolute atomic E-state index is 0.181. The maximum atomic E-state index is 9.59. The Morgan fingerprint density at radius 2 is 0.750 bits per heavy atom. The summed E-state index contributed by atoms with van der Waals surface area (Å²) in [5, 5.41) is 2.88. The predicted octanol–water partition coefficient (Wildman–Crippen LogP) is 13.5. The van der Waals surface area contributed by atoms with Crippen LogP contribution in [0.3, 0.4) is 0 Å². The van der Waals surface area contributed by atoms with E-state index in [1.807, 2.05) is 127 Å². The van der Waals surface area contributed by atoms with Crippen molar-refractivity contribution in [3.8, 4) is 55.6 Å². The smallest absolute Gasteiger partial charge is 0.0622 e. The first-order valence-corrected chi connectivity index (χ1v) is 16.0. The second-order valence-corrected chi connectivity index (χ2v) is 11.9. The van der Waals surface area contributed by atoms with Crippen LogP contribution in [0.5, 0.6) is 0 Å². The highest BCUT2D eigenvalue weighted by molar-refractivity contribution is 6.23. The maximum absolute atomic E-state index is 9.59. The number of hydrogen-bond acceptors (Lipinski definition) is 0. The molecular formula is C48H32. The molecule has 0 aliphatic carbocycles. The van der Waals surface area contributed by atoms with Gasteiger partial charge in [-0.3, -0.25) is 0 Å². The largest absolute Gasteiger partial charge is 0.0629 e. The molecule has 224 valence electrons. The van der Waals surface area contributed by atoms with Gasteiger partial charge in [-0.2, -0.15) is 0 Å². The van der Waals surface area contributed by atoms with E-state index in [-0.39, 0.29) is 45.7 Å². The van der Waals surface area contributed by atoms with E-state index in [4.69, 9.17) is 5.48 Å². The zero-order valence-corrected chi connectivity index (χ0v) is 25.9. The topological polar surface area (TPSA) is 0 Å². The summed E-state index contributed by atoms with van der Waals surface area (Å²) in [5.74, 6) is 0. The van der Waals surface area contributed by atoms with Crippen LogP contribution in [0.15, 0.2) is 194 Å². The molecule has 0 atom stereocenters. The van der Waals surface area contributed by atoms with Crippen LogP contribution in [0.4, 0.5) is 0 Å². The lowest BCUT2D eigenvalue weighted by molar-refractivity contribution is 1.58. The van der Waals surface area contributed by atoms with E-state index in [0.717, 1.165) is 44.2 Å². The highest BCUT2D eigenvalue weighted by Gasteiger charge is 2.22. The molecule has 9 aromatic carbocycles. The average molecular weight is 617 g/mol. The molecule has 0 saturated carbocycles. The third-order valence-electron chi connectivity index (χ3n) is 9.09.